The van der Waals surface area contributed by atoms with Crippen molar-refractivity contribution in [2.75, 3.05) is 24.6 Å². The number of aliphatic hydroxyl groups excluding tert-OH is 1. The molecule has 2 N–H and O–H groups in total. The van der Waals surface area contributed by atoms with Gasteiger partial charge in [0.05, 0.1) is 23.6 Å². The van der Waals surface area contributed by atoms with Crippen LogP contribution < -0.4 is 14.4 Å². The minimum atomic E-state index is -3.91. The van der Waals surface area contributed by atoms with Gasteiger partial charge in [0.1, 0.15) is 5.75 Å². The molecule has 2 heterocycles. The van der Waals surface area contributed by atoms with Crippen LogP contribution in [0.4, 0.5) is 5.69 Å². The molecule has 4 unspecified atom stereocenters. The minimum absolute atomic E-state index is 0.128. The number of amides is 1. The lowest BCUT2D eigenvalue weighted by atomic mass is 9.68. The summed E-state index contributed by atoms with van der Waals surface area (Å²) in [6.45, 7) is 5.39. The third-order valence-electron chi connectivity index (χ3n) is 10.0. The maximum Gasteiger partial charge on any atom is 0.264 e. The summed E-state index contributed by atoms with van der Waals surface area (Å²) < 4.78 is 35.1. The standard InChI is InChI=1S/C32H39ClN2O5S/c1-20-5-3-7-29(36)26-11-8-24(26)17-35-18-32(14-4-6-22-15-25(33)10-12-27(22)32)19-40-30-13-9-23(16-28(30)35)31(37)34-41(38,39)21(20)2/h3,7,9-10,12-13,15-16,20-21,24,26,29,36H,4-6,8,11,14,17-19H2,1-2H3,(H,34,37)/b7-3+/t20?,21?,24?,26?,29-,32-/m0/s1. The Morgan fingerprint density at radius 1 is 1.15 bits per heavy atom. The Balaban J connectivity index is 1.42. The van der Waals surface area contributed by atoms with Crippen molar-refractivity contribution in [3.05, 3.63) is 70.3 Å². The van der Waals surface area contributed by atoms with Gasteiger partial charge >= 0.3 is 0 Å². The van der Waals surface area contributed by atoms with Crippen molar-refractivity contribution in [2.24, 2.45) is 17.8 Å². The lowest BCUT2D eigenvalue weighted by Gasteiger charge is -2.45. The van der Waals surface area contributed by atoms with Gasteiger partial charge in [-0.15, -0.1) is 0 Å². The van der Waals surface area contributed by atoms with Crippen molar-refractivity contribution in [3.63, 3.8) is 0 Å². The molecule has 1 fully saturated rings. The Bertz CT molecular complexity index is 1480. The predicted octanol–water partition coefficient (Wildman–Crippen LogP) is 5.24. The van der Waals surface area contributed by atoms with Crippen LogP contribution in [0, 0.1) is 17.8 Å². The monoisotopic (exact) mass is 598 g/mol. The van der Waals surface area contributed by atoms with Gasteiger partial charge in [0, 0.05) is 29.1 Å². The van der Waals surface area contributed by atoms with Gasteiger partial charge in [0.2, 0.25) is 10.0 Å². The van der Waals surface area contributed by atoms with Crippen molar-refractivity contribution in [1.29, 1.82) is 0 Å². The quantitative estimate of drug-likeness (QED) is 0.403. The molecule has 6 atom stereocenters. The smallest absolute Gasteiger partial charge is 0.264 e. The van der Waals surface area contributed by atoms with Crippen LogP contribution in [0.3, 0.4) is 0 Å². The molecule has 9 heteroatoms. The number of benzene rings is 2. The molecule has 0 saturated heterocycles. The van der Waals surface area contributed by atoms with Crippen LogP contribution in [0.15, 0.2) is 48.6 Å². The van der Waals surface area contributed by atoms with Gasteiger partial charge < -0.3 is 14.7 Å². The van der Waals surface area contributed by atoms with Crippen molar-refractivity contribution in [2.45, 2.75) is 69.1 Å². The third-order valence-corrected chi connectivity index (χ3v) is 12.2. The number of fused-ring (bicyclic) bond motifs is 4. The zero-order chi connectivity index (χ0) is 28.9. The average Bonchev–Trinajstić information content (AvgIpc) is 3.06. The second kappa shape index (κ2) is 10.9. The van der Waals surface area contributed by atoms with E-state index in [-0.39, 0.29) is 28.7 Å². The van der Waals surface area contributed by atoms with Crippen LogP contribution in [0.25, 0.3) is 0 Å². The topological polar surface area (TPSA) is 95.9 Å². The number of aliphatic hydroxyl groups is 1. The van der Waals surface area contributed by atoms with Gasteiger partial charge in [0.15, 0.2) is 0 Å². The molecular formula is C32H39ClN2O5S. The number of carbonyl (C=O) groups excluding carboxylic acids is 1. The van der Waals surface area contributed by atoms with Crippen LogP contribution in [-0.4, -0.2) is 50.5 Å². The summed E-state index contributed by atoms with van der Waals surface area (Å²) in [5.41, 5.74) is 3.33. The zero-order valence-corrected chi connectivity index (χ0v) is 25.3. The summed E-state index contributed by atoms with van der Waals surface area (Å²) in [5.74, 6) is 0.232. The second-order valence-electron chi connectivity index (χ2n) is 12.6. The van der Waals surface area contributed by atoms with E-state index in [2.05, 4.69) is 21.8 Å². The van der Waals surface area contributed by atoms with Crippen molar-refractivity contribution >= 4 is 33.2 Å². The third kappa shape index (κ3) is 5.39. The fourth-order valence-corrected chi connectivity index (χ4v) is 8.64. The van der Waals surface area contributed by atoms with Gasteiger partial charge in [-0.05, 0) is 105 Å². The van der Waals surface area contributed by atoms with E-state index in [0.29, 0.717) is 31.9 Å². The van der Waals surface area contributed by atoms with E-state index >= 15 is 0 Å². The van der Waals surface area contributed by atoms with E-state index in [1.807, 2.05) is 25.1 Å². The molecular weight excluding hydrogens is 560 g/mol. The largest absolute Gasteiger partial charge is 0.490 e. The maximum atomic E-state index is 13.3. The van der Waals surface area contributed by atoms with Gasteiger partial charge in [-0.25, -0.2) is 13.1 Å². The molecule has 0 radical (unpaired) electrons. The molecule has 1 spiro atoms. The van der Waals surface area contributed by atoms with E-state index in [0.717, 1.165) is 42.8 Å². The second-order valence-corrected chi connectivity index (χ2v) is 15.1. The molecule has 2 aromatic rings. The summed E-state index contributed by atoms with van der Waals surface area (Å²) in [6.07, 6.45) is 8.58. The number of nitrogens with one attached hydrogen (secondary N) is 1. The number of ether oxygens (including phenoxy) is 1. The van der Waals surface area contributed by atoms with Crippen molar-refractivity contribution in [3.8, 4) is 5.75 Å². The van der Waals surface area contributed by atoms with Crippen LogP contribution in [0.1, 0.15) is 67.4 Å². The summed E-state index contributed by atoms with van der Waals surface area (Å²) in [7, 11) is -3.91. The van der Waals surface area contributed by atoms with Crippen LogP contribution >= 0.6 is 11.6 Å². The number of nitrogens with zero attached hydrogens (tertiary/aromatic N) is 1. The van der Waals surface area contributed by atoms with Gasteiger partial charge in [-0.1, -0.05) is 36.7 Å². The van der Waals surface area contributed by atoms with Crippen molar-refractivity contribution < 1.29 is 23.1 Å². The molecule has 4 aliphatic rings. The van der Waals surface area contributed by atoms with Gasteiger partial charge in [-0.2, -0.15) is 0 Å². The first-order valence-electron chi connectivity index (χ1n) is 14.8. The Hall–Kier alpha value is -2.55. The minimum Gasteiger partial charge on any atom is -0.490 e. The Morgan fingerprint density at radius 2 is 1.98 bits per heavy atom. The van der Waals surface area contributed by atoms with E-state index in [4.69, 9.17) is 16.3 Å². The fourth-order valence-electron chi connectivity index (χ4n) is 7.16. The molecule has 1 saturated carbocycles. The highest BCUT2D eigenvalue weighted by atomic mass is 35.5. The first-order chi connectivity index (χ1) is 19.6. The number of sulfonamides is 1. The van der Waals surface area contributed by atoms with E-state index in [1.54, 1.807) is 25.1 Å². The lowest BCUT2D eigenvalue weighted by molar-refractivity contribution is 0.0456. The maximum absolute atomic E-state index is 13.3. The van der Waals surface area contributed by atoms with E-state index in [1.165, 1.54) is 11.1 Å². The summed E-state index contributed by atoms with van der Waals surface area (Å²) in [6, 6.07) is 11.4. The SMILES string of the molecule is CC1C/C=C/[C@H](O)C2CCC2CN2C[C@@]3(CCCc4cc(Cl)ccc43)COc3ccc(cc32)C(=O)NS(=O)(=O)C1C. The first-order valence-corrected chi connectivity index (χ1v) is 16.7. The number of halogens is 1. The van der Waals surface area contributed by atoms with E-state index < -0.39 is 27.3 Å². The molecule has 7 nitrogen and oxygen atoms in total. The molecule has 2 aliphatic carbocycles. The van der Waals surface area contributed by atoms with Gasteiger partial charge in [0.25, 0.3) is 5.91 Å². The molecule has 6 rings (SSSR count). The van der Waals surface area contributed by atoms with Crippen LogP contribution in [-0.2, 0) is 21.9 Å². The number of anilines is 1. The highest BCUT2D eigenvalue weighted by Crippen LogP contribution is 2.46. The number of carbonyl (C=O) groups is 1. The molecule has 41 heavy (non-hydrogen) atoms. The number of hydrogen-bond acceptors (Lipinski definition) is 6. The highest BCUT2D eigenvalue weighted by molar-refractivity contribution is 7.90. The van der Waals surface area contributed by atoms with Gasteiger partial charge in [-0.3, -0.25) is 4.79 Å². The summed E-state index contributed by atoms with van der Waals surface area (Å²) in [4.78, 5) is 15.6. The molecule has 220 valence electrons. The molecule has 2 bridgehead atoms. The highest BCUT2D eigenvalue weighted by Gasteiger charge is 2.44. The molecule has 2 aliphatic heterocycles. The molecule has 2 aromatic carbocycles. The van der Waals surface area contributed by atoms with Crippen LogP contribution in [0.5, 0.6) is 5.75 Å². The Labute approximate surface area is 248 Å². The number of aryl methyl sites for hydroxylation is 1. The number of rotatable bonds is 0. The normalized spacial score (nSPS) is 33.8. The molecule has 0 aromatic heterocycles. The zero-order valence-electron chi connectivity index (χ0n) is 23.7. The fraction of sp³-hybridized carbons (Fsp3) is 0.531. The first kappa shape index (κ1) is 28.6. The lowest BCUT2D eigenvalue weighted by Crippen LogP contribution is -2.49. The Kier molecular flexibility index (Phi) is 7.62. The van der Waals surface area contributed by atoms with Crippen molar-refractivity contribution in [1.82, 2.24) is 4.72 Å². The average molecular weight is 599 g/mol. The number of hydrogen-bond donors (Lipinski definition) is 2. The Morgan fingerprint density at radius 3 is 2.76 bits per heavy atom. The summed E-state index contributed by atoms with van der Waals surface area (Å²) >= 11 is 6.38. The molecule has 1 amide bonds. The van der Waals surface area contributed by atoms with E-state index in [9.17, 15) is 18.3 Å². The number of allylic oxidation sites excluding steroid dienone is 1. The summed E-state index contributed by atoms with van der Waals surface area (Å²) in [5, 5.41) is 11.1. The predicted molar refractivity (Wildman–Crippen MR) is 161 cm³/mol. The van der Waals surface area contributed by atoms with Crippen LogP contribution in [0.2, 0.25) is 5.02 Å².